The van der Waals surface area contributed by atoms with Gasteiger partial charge < -0.3 is 23.7 Å². The highest BCUT2D eigenvalue weighted by atomic mass is 19.2. The van der Waals surface area contributed by atoms with E-state index in [0.29, 0.717) is 81.6 Å². The van der Waals surface area contributed by atoms with Crippen molar-refractivity contribution < 1.29 is 50.8 Å². The minimum Gasteiger partial charge on any atom is -0.423 e. The van der Waals surface area contributed by atoms with Gasteiger partial charge in [-0.05, 0) is 182 Å². The molecule has 0 N–H and O–H groups in total. The van der Waals surface area contributed by atoms with Crippen molar-refractivity contribution in [3.8, 4) is 33.8 Å². The maximum atomic E-state index is 13.5. The van der Waals surface area contributed by atoms with Crippen LogP contribution in [0.3, 0.4) is 0 Å². The molecule has 0 radical (unpaired) electrons. The summed E-state index contributed by atoms with van der Waals surface area (Å²) < 4.78 is 80.7. The van der Waals surface area contributed by atoms with Crippen LogP contribution in [0.5, 0.6) is 11.5 Å². The smallest absolute Gasteiger partial charge is 0.343 e. The molecule has 2 heterocycles. The molecule has 2 saturated carbocycles. The van der Waals surface area contributed by atoms with E-state index in [2.05, 4.69) is 0 Å². The molecule has 0 aromatic heterocycles. The summed E-state index contributed by atoms with van der Waals surface area (Å²) >= 11 is 0. The Morgan fingerprint density at radius 2 is 0.866 bits per heavy atom. The van der Waals surface area contributed by atoms with Crippen LogP contribution in [0.15, 0.2) is 133 Å². The summed E-state index contributed by atoms with van der Waals surface area (Å²) in [7, 11) is 0. The van der Waals surface area contributed by atoms with Gasteiger partial charge in [0.2, 0.25) is 0 Å². The normalized spacial score (nSPS) is 21.9. The third-order valence-corrected chi connectivity index (χ3v) is 13.3. The van der Waals surface area contributed by atoms with Crippen molar-refractivity contribution in [2.75, 3.05) is 19.8 Å². The summed E-state index contributed by atoms with van der Waals surface area (Å²) in [6.45, 7) is 2.47. The number of hydrogen-bond acceptors (Lipinski definition) is 7. The first kappa shape index (κ1) is 46.0. The first-order valence-electron chi connectivity index (χ1n) is 23.2. The average molecular weight is 913 g/mol. The monoisotopic (exact) mass is 912 g/mol. The van der Waals surface area contributed by atoms with Gasteiger partial charge in [-0.1, -0.05) is 60.7 Å². The predicted molar refractivity (Wildman–Crippen MR) is 246 cm³/mol. The number of hydrogen-bond donors (Lipinski definition) is 0. The van der Waals surface area contributed by atoms with E-state index in [4.69, 9.17) is 23.7 Å². The lowest BCUT2D eigenvalue weighted by Crippen LogP contribution is -2.22. The Morgan fingerprint density at radius 3 is 1.27 bits per heavy atom. The van der Waals surface area contributed by atoms with Crippen LogP contribution in [0.4, 0.5) is 17.6 Å². The third kappa shape index (κ3) is 12.5. The maximum absolute atomic E-state index is 13.5. The molecule has 6 aromatic rings. The van der Waals surface area contributed by atoms with Gasteiger partial charge in [-0.2, -0.15) is 0 Å². The molecular formula is C56H52F4O7. The van der Waals surface area contributed by atoms with Crippen molar-refractivity contribution in [3.05, 3.63) is 179 Å². The van der Waals surface area contributed by atoms with Crippen molar-refractivity contribution in [3.63, 3.8) is 0 Å². The maximum Gasteiger partial charge on any atom is 0.343 e. The van der Waals surface area contributed by atoms with Crippen LogP contribution in [0.1, 0.15) is 101 Å². The first-order valence-corrected chi connectivity index (χ1v) is 23.2. The summed E-state index contributed by atoms with van der Waals surface area (Å²) in [5.41, 5.74) is 6.00. The van der Waals surface area contributed by atoms with Crippen LogP contribution in [0.25, 0.3) is 22.3 Å². The number of halogens is 4. The Hall–Kier alpha value is -6.14. The van der Waals surface area contributed by atoms with E-state index in [9.17, 15) is 27.2 Å². The van der Waals surface area contributed by atoms with Crippen LogP contribution in [-0.2, 0) is 14.2 Å². The van der Waals surface area contributed by atoms with Gasteiger partial charge in [-0.15, -0.1) is 0 Å². The second-order valence-electron chi connectivity index (χ2n) is 18.0. The van der Waals surface area contributed by atoms with Crippen LogP contribution < -0.4 is 9.47 Å². The van der Waals surface area contributed by atoms with Gasteiger partial charge in [0.1, 0.15) is 17.6 Å². The van der Waals surface area contributed by atoms with Crippen LogP contribution in [0, 0.1) is 29.2 Å². The fraction of sp³-hybridized carbons (Fsp3) is 0.321. The summed E-state index contributed by atoms with van der Waals surface area (Å²) in [6, 6.07) is 36.2. The minimum absolute atomic E-state index is 0.308. The van der Waals surface area contributed by atoms with Gasteiger partial charge in [0.25, 0.3) is 0 Å². The molecule has 4 fully saturated rings. The molecule has 2 atom stereocenters. The van der Waals surface area contributed by atoms with Gasteiger partial charge in [0.15, 0.2) is 23.3 Å². The van der Waals surface area contributed by atoms with Gasteiger partial charge in [0.05, 0.1) is 43.2 Å². The van der Waals surface area contributed by atoms with E-state index < -0.39 is 35.2 Å². The fourth-order valence-corrected chi connectivity index (χ4v) is 9.17. The Labute approximate surface area is 388 Å². The largest absolute Gasteiger partial charge is 0.423 e. The zero-order valence-corrected chi connectivity index (χ0v) is 37.0. The highest BCUT2D eigenvalue weighted by Crippen LogP contribution is 2.39. The number of rotatable bonds is 13. The van der Waals surface area contributed by atoms with Crippen LogP contribution in [-0.4, -0.2) is 50.1 Å². The Morgan fingerprint density at radius 1 is 0.463 bits per heavy atom. The lowest BCUT2D eigenvalue weighted by Gasteiger charge is -2.28. The molecular weight excluding hydrogens is 861 g/mol. The molecule has 346 valence electrons. The Balaban J connectivity index is 0.000000168. The van der Waals surface area contributed by atoms with E-state index in [1.807, 2.05) is 36.4 Å². The molecule has 6 aromatic carbocycles. The summed E-state index contributed by atoms with van der Waals surface area (Å²) in [6.07, 6.45) is 11.4. The summed E-state index contributed by atoms with van der Waals surface area (Å²) in [5, 5.41) is 0. The standard InChI is InChI=1S/C28H26F2O4.C28H26F2O3/c29-26-14-9-22(15-27(26)30)20-7-12-24(13-8-20)34-28(31)21-3-1-18(2-4-21)19-5-10-23(11-6-19)32-16-25-17-33-25;29-26-14-11-23(16-27(26)30)21-9-12-24(13-10-21)33-28(31)22-7-5-20(6-8-22)19-3-1-18(2-4-19)15-25-17-32-25/h1-4,7-9,12-15,19,23,25H,5-6,10-11,16-17H2;5-14,16,18-19,25H,1-4,15,17H2. The zero-order chi connectivity index (χ0) is 46.3. The number of ether oxygens (including phenoxy) is 5. The van der Waals surface area contributed by atoms with E-state index in [-0.39, 0.29) is 0 Å². The van der Waals surface area contributed by atoms with Crippen molar-refractivity contribution in [2.45, 2.75) is 87.9 Å². The topological polar surface area (TPSA) is 86.9 Å². The molecule has 2 unspecified atom stereocenters. The number of esters is 2. The molecule has 4 aliphatic rings. The molecule has 0 spiro atoms. The lowest BCUT2D eigenvalue weighted by atomic mass is 9.77. The molecule has 2 aliphatic heterocycles. The summed E-state index contributed by atoms with van der Waals surface area (Å²) in [4.78, 5) is 25.1. The van der Waals surface area contributed by atoms with E-state index in [1.54, 1.807) is 60.7 Å². The molecule has 10 rings (SSSR count). The molecule has 0 amide bonds. The Bertz CT molecular complexity index is 2610. The predicted octanol–water partition coefficient (Wildman–Crippen LogP) is 13.2. The molecule has 2 saturated heterocycles. The van der Waals surface area contributed by atoms with Crippen molar-refractivity contribution in [1.82, 2.24) is 0 Å². The highest BCUT2D eigenvalue weighted by Gasteiger charge is 2.30. The molecule has 0 bridgehead atoms. The number of carbonyl (C=O) groups excluding carboxylic acids is 2. The molecule has 67 heavy (non-hydrogen) atoms. The van der Waals surface area contributed by atoms with Gasteiger partial charge in [-0.25, -0.2) is 27.2 Å². The number of carbonyl (C=O) groups is 2. The summed E-state index contributed by atoms with van der Waals surface area (Å²) in [5.74, 6) is -1.83. The van der Waals surface area contributed by atoms with Crippen LogP contribution >= 0.6 is 0 Å². The second kappa shape index (κ2) is 21.2. The quantitative estimate of drug-likeness (QED) is 0.0494. The lowest BCUT2D eigenvalue weighted by molar-refractivity contribution is 0.0165. The third-order valence-electron chi connectivity index (χ3n) is 13.3. The first-order chi connectivity index (χ1) is 32.6. The zero-order valence-electron chi connectivity index (χ0n) is 37.0. The van der Waals surface area contributed by atoms with Crippen molar-refractivity contribution in [2.24, 2.45) is 5.92 Å². The van der Waals surface area contributed by atoms with Crippen molar-refractivity contribution in [1.29, 1.82) is 0 Å². The van der Waals surface area contributed by atoms with Crippen LogP contribution in [0.2, 0.25) is 0 Å². The van der Waals surface area contributed by atoms with E-state index in [1.165, 1.54) is 55.4 Å². The highest BCUT2D eigenvalue weighted by molar-refractivity contribution is 5.91. The number of epoxide rings is 2. The minimum atomic E-state index is -0.901. The number of benzene rings is 6. The Kier molecular flexibility index (Phi) is 14.6. The van der Waals surface area contributed by atoms with E-state index >= 15 is 0 Å². The van der Waals surface area contributed by atoms with Gasteiger partial charge in [-0.3, -0.25) is 0 Å². The second-order valence-corrected chi connectivity index (χ2v) is 18.0. The molecule has 7 nitrogen and oxygen atoms in total. The average Bonchev–Trinajstić information content (AvgIpc) is 4.32. The van der Waals surface area contributed by atoms with Crippen molar-refractivity contribution >= 4 is 11.9 Å². The molecule has 2 aliphatic carbocycles. The van der Waals surface area contributed by atoms with Gasteiger partial charge in [0, 0.05) is 0 Å². The van der Waals surface area contributed by atoms with Gasteiger partial charge >= 0.3 is 11.9 Å². The molecule has 11 heteroatoms. The fourth-order valence-electron chi connectivity index (χ4n) is 9.17. The van der Waals surface area contributed by atoms with E-state index in [0.717, 1.165) is 69.1 Å². The SMILES string of the molecule is O=C(Oc1ccc(-c2ccc(F)c(F)c2)cc1)c1ccc(C2CCC(CC3CO3)CC2)cc1.O=C(Oc1ccc(-c2ccc(F)c(F)c2)cc1)c1ccc(C2CCC(OCC3CO3)CC2)cc1.